The van der Waals surface area contributed by atoms with Crippen LogP contribution in [0, 0.1) is 13.8 Å². The van der Waals surface area contributed by atoms with Crippen LogP contribution in [0.4, 0.5) is 0 Å². The van der Waals surface area contributed by atoms with Crippen molar-refractivity contribution in [1.29, 1.82) is 0 Å². The Balaban J connectivity index is 0.000000258. The molecule has 0 radical (unpaired) electrons. The fourth-order valence-corrected chi connectivity index (χ4v) is 7.30. The summed E-state index contributed by atoms with van der Waals surface area (Å²) >= 11 is 1.46. The van der Waals surface area contributed by atoms with Gasteiger partial charge in [-0.25, -0.2) is 0 Å². The van der Waals surface area contributed by atoms with Crippen LogP contribution >= 0.6 is 0 Å². The summed E-state index contributed by atoms with van der Waals surface area (Å²) in [6.45, 7) is 11.5. The molecule has 0 aliphatic heterocycles. The van der Waals surface area contributed by atoms with Gasteiger partial charge in [0.25, 0.3) is 0 Å². The molecule has 214 valence electrons. The van der Waals surface area contributed by atoms with Crippen molar-refractivity contribution in [1.82, 2.24) is 0 Å². The van der Waals surface area contributed by atoms with Crippen LogP contribution < -0.4 is 24.8 Å². The van der Waals surface area contributed by atoms with Crippen molar-refractivity contribution in [3.05, 3.63) is 142 Å². The van der Waals surface area contributed by atoms with Crippen LogP contribution in [-0.4, -0.2) is 3.21 Å². The molecule has 0 unspecified atom stereocenters. The molecule has 0 saturated heterocycles. The first kappa shape index (κ1) is 34.1. The number of aryl methyl sites for hydroxylation is 3. The monoisotopic (exact) mass is 667 g/mol. The van der Waals surface area contributed by atoms with Crippen molar-refractivity contribution >= 4 is 30.3 Å². The van der Waals surface area contributed by atoms with E-state index in [1.54, 1.807) is 11.1 Å². The van der Waals surface area contributed by atoms with E-state index in [0.29, 0.717) is 0 Å². The molecule has 6 rings (SSSR count). The molecular weight excluding hydrogens is 631 g/mol. The summed E-state index contributed by atoms with van der Waals surface area (Å²) in [5, 5.41) is 5.94. The fraction of sp³-hybridized carbons (Fsp3) is 0.231. The van der Waals surface area contributed by atoms with E-state index in [1.165, 1.54) is 87.9 Å². The van der Waals surface area contributed by atoms with Crippen molar-refractivity contribution < 1.29 is 49.0 Å². The molecule has 0 nitrogen and oxygen atoms in total. The van der Waals surface area contributed by atoms with E-state index in [9.17, 15) is 0 Å². The maximum absolute atomic E-state index is 2.47. The maximum atomic E-state index is 2.47. The molecule has 5 aromatic carbocycles. The zero-order valence-corrected chi connectivity index (χ0v) is 29.3. The van der Waals surface area contributed by atoms with Crippen molar-refractivity contribution in [3.63, 3.8) is 0 Å². The summed E-state index contributed by atoms with van der Waals surface area (Å²) in [7, 11) is 0. The van der Waals surface area contributed by atoms with Gasteiger partial charge in [0, 0.05) is 0 Å². The Bertz CT molecular complexity index is 1700. The van der Waals surface area contributed by atoms with Gasteiger partial charge in [-0.05, 0) is 39.5 Å². The van der Waals surface area contributed by atoms with Gasteiger partial charge in [-0.3, -0.25) is 0 Å². The third-order valence-electron chi connectivity index (χ3n) is 8.28. The Morgan fingerprint density at radius 2 is 1.36 bits per heavy atom. The summed E-state index contributed by atoms with van der Waals surface area (Å²) in [4.78, 5) is 0. The van der Waals surface area contributed by atoms with Gasteiger partial charge < -0.3 is 24.8 Å². The second kappa shape index (κ2) is 15.3. The van der Waals surface area contributed by atoms with E-state index in [2.05, 4.69) is 132 Å². The van der Waals surface area contributed by atoms with E-state index in [1.807, 2.05) is 0 Å². The van der Waals surface area contributed by atoms with Crippen molar-refractivity contribution in [2.45, 2.75) is 60.3 Å². The summed E-state index contributed by atoms with van der Waals surface area (Å²) < 4.78 is 1.42. The molecule has 5 aromatic rings. The molecule has 1 aliphatic rings. The SMILES string of the molecule is CCc1c(C)c(C2=CC=CC2)c2[cH-]c3cc(C)cc(CC)c3c2c1CC.[Cl-].[Cl-].[Zr+2]=[C](c1ccccc1)c1ccccc1. The van der Waals surface area contributed by atoms with Gasteiger partial charge in [0.15, 0.2) is 0 Å². The average molecular weight is 670 g/mol. The molecule has 1 aliphatic carbocycles. The Kier molecular flexibility index (Phi) is 12.4. The molecule has 0 fully saturated rings. The van der Waals surface area contributed by atoms with Crippen LogP contribution in [0.5, 0.6) is 0 Å². The van der Waals surface area contributed by atoms with E-state index in [4.69, 9.17) is 0 Å². The van der Waals surface area contributed by atoms with Crippen molar-refractivity contribution in [2.24, 2.45) is 0 Å². The molecule has 0 bridgehead atoms. The molecule has 0 heterocycles. The van der Waals surface area contributed by atoms with Gasteiger partial charge in [0.1, 0.15) is 0 Å². The van der Waals surface area contributed by atoms with E-state index in [-0.39, 0.29) is 24.8 Å². The topological polar surface area (TPSA) is 0 Å². The second-order valence-corrected chi connectivity index (χ2v) is 12.0. The summed E-state index contributed by atoms with van der Waals surface area (Å²) in [5.74, 6) is 0. The number of fused-ring (bicyclic) bond motifs is 3. The molecular formula is C39H39Cl2Zr-. The van der Waals surface area contributed by atoms with E-state index in [0.717, 1.165) is 25.7 Å². The summed E-state index contributed by atoms with van der Waals surface area (Å²) in [6, 6.07) is 28.3. The van der Waals surface area contributed by atoms with E-state index < -0.39 is 0 Å². The predicted octanol–water partition coefficient (Wildman–Crippen LogP) is 4.17. The van der Waals surface area contributed by atoms with Crippen molar-refractivity contribution in [3.8, 4) is 0 Å². The molecule has 0 saturated carbocycles. The van der Waals surface area contributed by atoms with E-state index >= 15 is 0 Å². The minimum atomic E-state index is 0. The number of hydrogen-bond donors (Lipinski definition) is 0. The normalized spacial score (nSPS) is 11.9. The van der Waals surface area contributed by atoms with Crippen molar-refractivity contribution in [2.75, 3.05) is 0 Å². The van der Waals surface area contributed by atoms with Gasteiger partial charge in [-0.15, -0.1) is 33.7 Å². The zero-order chi connectivity index (χ0) is 28.2. The number of allylic oxidation sites excluding steroid dienone is 4. The van der Waals surface area contributed by atoms with Crippen LogP contribution in [0.3, 0.4) is 0 Å². The molecule has 0 spiro atoms. The van der Waals surface area contributed by atoms with Crippen LogP contribution in [0.25, 0.3) is 27.1 Å². The fourth-order valence-electron chi connectivity index (χ4n) is 6.48. The Labute approximate surface area is 279 Å². The third kappa shape index (κ3) is 6.70. The van der Waals surface area contributed by atoms with Gasteiger partial charge >= 0.3 is 99.2 Å². The Morgan fingerprint density at radius 3 is 1.86 bits per heavy atom. The molecule has 42 heavy (non-hydrogen) atoms. The number of rotatable bonds is 6. The molecule has 0 amide bonds. The summed E-state index contributed by atoms with van der Waals surface area (Å²) in [5.41, 5.74) is 13.1. The first-order valence-electron chi connectivity index (χ1n) is 14.7. The zero-order valence-electron chi connectivity index (χ0n) is 25.3. The van der Waals surface area contributed by atoms with Crippen LogP contribution in [0.15, 0.2) is 97.1 Å². The predicted molar refractivity (Wildman–Crippen MR) is 172 cm³/mol. The average Bonchev–Trinajstić information content (AvgIpc) is 3.65. The molecule has 0 atom stereocenters. The first-order chi connectivity index (χ1) is 19.5. The van der Waals surface area contributed by atoms with Crippen LogP contribution in [0.2, 0.25) is 0 Å². The number of halogens is 2. The molecule has 0 N–H and O–H groups in total. The number of hydrogen-bond acceptors (Lipinski definition) is 0. The van der Waals surface area contributed by atoms with Crippen LogP contribution in [0.1, 0.15) is 71.7 Å². The van der Waals surface area contributed by atoms with Gasteiger partial charge in [0.05, 0.1) is 0 Å². The van der Waals surface area contributed by atoms with Gasteiger partial charge in [-0.1, -0.05) is 84.0 Å². The Hall–Kier alpha value is -2.44. The van der Waals surface area contributed by atoms with Gasteiger partial charge in [-0.2, -0.15) is 0 Å². The quantitative estimate of drug-likeness (QED) is 0.239. The number of benzene rings is 4. The molecule has 3 heteroatoms. The molecule has 0 aromatic heterocycles. The third-order valence-corrected chi connectivity index (χ3v) is 9.70. The standard InChI is InChI=1S/C26H29.C13H10.2ClH.Zr/c1-6-18-13-16(4)14-20-15-23-24(19-11-9-10-12-19)17(5)21(7-2)22(8-3)26(23)25(18)20;1-3-7-12(8-4-1)11-13-9-5-2-6-10-13;;;/h9-11,13-15H,6-8,12H2,1-5H3;1-10H;2*1H;/q-1;;;;+2/p-2. The minimum absolute atomic E-state index is 0. The van der Waals surface area contributed by atoms with Crippen LogP contribution in [-0.2, 0) is 43.5 Å². The first-order valence-corrected chi connectivity index (χ1v) is 15.9. The Morgan fingerprint density at radius 1 is 0.762 bits per heavy atom. The van der Waals surface area contributed by atoms with Gasteiger partial charge in [0.2, 0.25) is 0 Å². The summed E-state index contributed by atoms with van der Waals surface area (Å²) in [6.07, 6.45) is 11.2. The second-order valence-electron chi connectivity index (χ2n) is 10.8.